The van der Waals surface area contributed by atoms with E-state index in [1.54, 1.807) is 25.4 Å². The van der Waals surface area contributed by atoms with Crippen molar-refractivity contribution in [2.45, 2.75) is 13.3 Å². The summed E-state index contributed by atoms with van der Waals surface area (Å²) in [4.78, 5) is 17.4. The molecule has 5 nitrogen and oxygen atoms in total. The Morgan fingerprint density at radius 1 is 1.62 bits per heavy atom. The molecule has 0 aliphatic heterocycles. The molecule has 0 aliphatic carbocycles. The van der Waals surface area contributed by atoms with E-state index in [1.165, 1.54) is 0 Å². The first-order chi connectivity index (χ1) is 7.69. The number of rotatable bonds is 5. The lowest BCUT2D eigenvalue weighted by molar-refractivity contribution is -0.119. The molecule has 0 aromatic carbocycles. The Hall–Kier alpha value is -1.78. The van der Waals surface area contributed by atoms with Crippen molar-refractivity contribution < 1.29 is 4.79 Å². The van der Waals surface area contributed by atoms with Gasteiger partial charge in [0.15, 0.2) is 5.82 Å². The number of carbonyl (C=O) groups excluding carboxylic acids is 1. The molecule has 1 amide bonds. The first kappa shape index (κ1) is 12.3. The Kier molecular flexibility index (Phi) is 4.57. The molecule has 0 saturated carbocycles. The molecule has 1 rings (SSSR count). The molecule has 0 radical (unpaired) electrons. The first-order valence-electron chi connectivity index (χ1n) is 5.35. The van der Waals surface area contributed by atoms with Gasteiger partial charge in [0.25, 0.3) is 0 Å². The number of nitrogen functional groups attached to an aromatic ring is 1. The fraction of sp³-hybridized carbons (Fsp3) is 0.455. The van der Waals surface area contributed by atoms with Gasteiger partial charge >= 0.3 is 0 Å². The number of nitrogens with two attached hydrogens (primary N) is 1. The second-order valence-electron chi connectivity index (χ2n) is 3.51. The topological polar surface area (TPSA) is 71.2 Å². The summed E-state index contributed by atoms with van der Waals surface area (Å²) in [5.41, 5.74) is 6.43. The number of hydrogen-bond donors (Lipinski definition) is 2. The number of likely N-dealkylation sites (N-methyl/N-ethyl adjacent to an activating group) is 1. The Bertz CT molecular complexity index is 354. The van der Waals surface area contributed by atoms with Crippen LogP contribution in [0.3, 0.4) is 0 Å². The fourth-order valence-electron chi connectivity index (χ4n) is 1.46. The lowest BCUT2D eigenvalue weighted by Gasteiger charge is -2.23. The van der Waals surface area contributed by atoms with Gasteiger partial charge < -0.3 is 16.0 Å². The maximum Gasteiger partial charge on any atom is 0.239 e. The quantitative estimate of drug-likeness (QED) is 0.766. The van der Waals surface area contributed by atoms with Crippen LogP contribution in [-0.2, 0) is 4.79 Å². The van der Waals surface area contributed by atoms with E-state index in [2.05, 4.69) is 17.2 Å². The smallest absolute Gasteiger partial charge is 0.239 e. The molecule has 3 N–H and O–H groups in total. The van der Waals surface area contributed by atoms with Crippen LogP contribution in [0.15, 0.2) is 18.3 Å². The summed E-state index contributed by atoms with van der Waals surface area (Å²) >= 11 is 0. The summed E-state index contributed by atoms with van der Waals surface area (Å²) in [6, 6.07) is 3.57. The van der Waals surface area contributed by atoms with Gasteiger partial charge in [-0.25, -0.2) is 4.98 Å². The molecule has 88 valence electrons. The summed E-state index contributed by atoms with van der Waals surface area (Å²) in [6.07, 6.45) is 2.62. The molecule has 0 fully saturated rings. The van der Waals surface area contributed by atoms with Crippen molar-refractivity contribution in [3.05, 3.63) is 18.3 Å². The second kappa shape index (κ2) is 5.95. The van der Waals surface area contributed by atoms with Crippen LogP contribution in [0.25, 0.3) is 0 Å². The zero-order valence-electron chi connectivity index (χ0n) is 9.73. The monoisotopic (exact) mass is 222 g/mol. The summed E-state index contributed by atoms with van der Waals surface area (Å²) in [5.74, 6) is 0.631. The van der Waals surface area contributed by atoms with E-state index in [0.29, 0.717) is 11.5 Å². The molecule has 0 aliphatic rings. The van der Waals surface area contributed by atoms with Crippen molar-refractivity contribution in [2.24, 2.45) is 0 Å². The number of aromatic nitrogens is 1. The normalized spacial score (nSPS) is 9.88. The van der Waals surface area contributed by atoms with Crippen molar-refractivity contribution in [3.8, 4) is 0 Å². The summed E-state index contributed by atoms with van der Waals surface area (Å²) in [6.45, 7) is 3.09. The van der Waals surface area contributed by atoms with E-state index in [1.807, 2.05) is 4.90 Å². The Morgan fingerprint density at radius 2 is 2.38 bits per heavy atom. The van der Waals surface area contributed by atoms with Gasteiger partial charge in [0, 0.05) is 19.8 Å². The minimum Gasteiger partial charge on any atom is -0.396 e. The number of nitrogens with zero attached hydrogens (tertiary/aromatic N) is 2. The molecule has 0 saturated heterocycles. The SMILES string of the molecule is CCCN(CC(=O)NC)c1ncccc1N. The average Bonchev–Trinajstić information content (AvgIpc) is 2.29. The predicted molar refractivity (Wildman–Crippen MR) is 65.2 cm³/mol. The number of pyridine rings is 1. The summed E-state index contributed by atoms with van der Waals surface area (Å²) in [7, 11) is 1.62. The largest absolute Gasteiger partial charge is 0.396 e. The van der Waals surface area contributed by atoms with Gasteiger partial charge in [-0.05, 0) is 18.6 Å². The van der Waals surface area contributed by atoms with Crippen molar-refractivity contribution in [3.63, 3.8) is 0 Å². The highest BCUT2D eigenvalue weighted by Crippen LogP contribution is 2.18. The van der Waals surface area contributed by atoms with Crippen LogP contribution in [0.4, 0.5) is 11.5 Å². The molecule has 5 heteroatoms. The highest BCUT2D eigenvalue weighted by Gasteiger charge is 2.13. The predicted octanol–water partition coefficient (Wildman–Crippen LogP) is 0.626. The highest BCUT2D eigenvalue weighted by atomic mass is 16.1. The molecule has 1 aromatic heterocycles. The Morgan fingerprint density at radius 3 is 2.94 bits per heavy atom. The number of amides is 1. The molecule has 0 atom stereocenters. The molecule has 0 spiro atoms. The fourth-order valence-corrected chi connectivity index (χ4v) is 1.46. The van der Waals surface area contributed by atoms with Gasteiger partial charge in [-0.1, -0.05) is 6.92 Å². The van der Waals surface area contributed by atoms with Crippen molar-refractivity contribution in [1.82, 2.24) is 10.3 Å². The van der Waals surface area contributed by atoms with Crippen LogP contribution in [0.5, 0.6) is 0 Å². The van der Waals surface area contributed by atoms with Crippen LogP contribution in [0, 0.1) is 0 Å². The zero-order chi connectivity index (χ0) is 12.0. The lowest BCUT2D eigenvalue weighted by Crippen LogP contribution is -2.37. The molecule has 0 unspecified atom stereocenters. The van der Waals surface area contributed by atoms with Crippen LogP contribution in [0.1, 0.15) is 13.3 Å². The van der Waals surface area contributed by atoms with Crippen LogP contribution >= 0.6 is 0 Å². The van der Waals surface area contributed by atoms with E-state index in [0.717, 1.165) is 13.0 Å². The average molecular weight is 222 g/mol. The van der Waals surface area contributed by atoms with Gasteiger partial charge in [-0.3, -0.25) is 4.79 Å². The number of anilines is 2. The third-order valence-electron chi connectivity index (χ3n) is 2.22. The Labute approximate surface area is 95.7 Å². The van der Waals surface area contributed by atoms with Crippen molar-refractivity contribution in [1.29, 1.82) is 0 Å². The van der Waals surface area contributed by atoms with Crippen molar-refractivity contribution in [2.75, 3.05) is 30.8 Å². The minimum atomic E-state index is -0.0431. The van der Waals surface area contributed by atoms with Crippen LogP contribution in [-0.4, -0.2) is 31.0 Å². The molecule has 16 heavy (non-hydrogen) atoms. The highest BCUT2D eigenvalue weighted by molar-refractivity contribution is 5.81. The molecule has 0 bridgehead atoms. The molecular weight excluding hydrogens is 204 g/mol. The van der Waals surface area contributed by atoms with Gasteiger partial charge in [0.2, 0.25) is 5.91 Å². The summed E-state index contributed by atoms with van der Waals surface area (Å²) in [5, 5.41) is 2.59. The lowest BCUT2D eigenvalue weighted by atomic mass is 10.3. The maximum atomic E-state index is 11.4. The van der Waals surface area contributed by atoms with E-state index in [4.69, 9.17) is 5.73 Å². The maximum absolute atomic E-state index is 11.4. The molecule has 1 heterocycles. The number of hydrogen-bond acceptors (Lipinski definition) is 4. The molecule has 1 aromatic rings. The van der Waals surface area contributed by atoms with Gasteiger partial charge in [-0.15, -0.1) is 0 Å². The third-order valence-corrected chi connectivity index (χ3v) is 2.22. The first-order valence-corrected chi connectivity index (χ1v) is 5.35. The van der Waals surface area contributed by atoms with Crippen LogP contribution in [0.2, 0.25) is 0 Å². The van der Waals surface area contributed by atoms with Gasteiger partial charge in [0.05, 0.1) is 12.2 Å². The zero-order valence-corrected chi connectivity index (χ0v) is 9.73. The standard InChI is InChI=1S/C11H18N4O/c1-3-7-15(8-10(16)13-2)11-9(12)5-4-6-14-11/h4-6H,3,7-8,12H2,1-2H3,(H,13,16). The van der Waals surface area contributed by atoms with Gasteiger partial charge in [0.1, 0.15) is 0 Å². The number of carbonyl (C=O) groups is 1. The third kappa shape index (κ3) is 3.12. The minimum absolute atomic E-state index is 0.0431. The molecular formula is C11H18N4O. The van der Waals surface area contributed by atoms with E-state index in [9.17, 15) is 4.79 Å². The van der Waals surface area contributed by atoms with Gasteiger partial charge in [-0.2, -0.15) is 0 Å². The van der Waals surface area contributed by atoms with Crippen LogP contribution < -0.4 is 16.0 Å². The second-order valence-corrected chi connectivity index (χ2v) is 3.51. The van der Waals surface area contributed by atoms with Crippen molar-refractivity contribution >= 4 is 17.4 Å². The summed E-state index contributed by atoms with van der Waals surface area (Å²) < 4.78 is 0. The number of nitrogens with one attached hydrogen (secondary N) is 1. The Balaban J connectivity index is 2.85. The van der Waals surface area contributed by atoms with E-state index >= 15 is 0 Å². The van der Waals surface area contributed by atoms with E-state index in [-0.39, 0.29) is 12.5 Å². The van der Waals surface area contributed by atoms with E-state index < -0.39 is 0 Å².